The second-order valence-electron chi connectivity index (χ2n) is 2.42. The zero-order valence-electron chi connectivity index (χ0n) is 5.02. The lowest BCUT2D eigenvalue weighted by molar-refractivity contribution is -0.255. The standard InChI is InChI=1S/C5H8O2Si/c1-4-5(2)8(4)3-6-7-8/h3H2,1-2H3. The van der Waals surface area contributed by atoms with Crippen LogP contribution in [0.2, 0.25) is 0 Å². The Morgan fingerprint density at radius 3 is 1.88 bits per heavy atom. The van der Waals surface area contributed by atoms with E-state index < -0.39 is 8.32 Å². The van der Waals surface area contributed by atoms with Gasteiger partial charge in [0.1, 0.15) is 6.23 Å². The number of rotatable bonds is 0. The van der Waals surface area contributed by atoms with Crippen molar-refractivity contribution >= 4 is 8.32 Å². The van der Waals surface area contributed by atoms with Crippen LogP contribution in [-0.2, 0) is 9.46 Å². The Morgan fingerprint density at radius 1 is 1.38 bits per heavy atom. The molecule has 1 spiro atoms. The van der Waals surface area contributed by atoms with E-state index in [4.69, 9.17) is 4.58 Å². The predicted molar refractivity (Wildman–Crippen MR) is 31.2 cm³/mol. The lowest BCUT2D eigenvalue weighted by Gasteiger charge is -2.24. The zero-order chi connectivity index (χ0) is 5.78. The topological polar surface area (TPSA) is 18.5 Å². The summed E-state index contributed by atoms with van der Waals surface area (Å²) in [4.78, 5) is 4.66. The van der Waals surface area contributed by atoms with E-state index in [1.54, 1.807) is 0 Å². The SMILES string of the molecule is CC1=C(C)[Si]12COO2. The highest BCUT2D eigenvalue weighted by Crippen LogP contribution is 2.46. The van der Waals surface area contributed by atoms with Gasteiger partial charge >= 0.3 is 8.32 Å². The summed E-state index contributed by atoms with van der Waals surface area (Å²) in [6.07, 6.45) is 0.880. The van der Waals surface area contributed by atoms with Crippen molar-refractivity contribution < 1.29 is 9.46 Å². The first-order chi connectivity index (χ1) is 3.77. The third-order valence-corrected chi connectivity index (χ3v) is 6.02. The Morgan fingerprint density at radius 2 is 1.88 bits per heavy atom. The largest absolute Gasteiger partial charge is 0.319 e. The summed E-state index contributed by atoms with van der Waals surface area (Å²) in [5.41, 5.74) is 0. The fourth-order valence-corrected chi connectivity index (χ4v) is 3.77. The molecular weight excluding hydrogens is 120 g/mol. The smallest absolute Gasteiger partial charge is 0.273 e. The van der Waals surface area contributed by atoms with Crippen molar-refractivity contribution in [3.63, 3.8) is 0 Å². The quantitative estimate of drug-likeness (QED) is 0.356. The van der Waals surface area contributed by atoms with Crippen LogP contribution in [0.25, 0.3) is 0 Å². The molecule has 0 aromatic rings. The molecule has 0 bridgehead atoms. The molecule has 2 aliphatic heterocycles. The van der Waals surface area contributed by atoms with E-state index in [-0.39, 0.29) is 0 Å². The molecule has 2 rings (SSSR count). The highest BCUT2D eigenvalue weighted by atomic mass is 28.4. The zero-order valence-corrected chi connectivity index (χ0v) is 6.02. The van der Waals surface area contributed by atoms with Gasteiger partial charge in [0.05, 0.1) is 0 Å². The van der Waals surface area contributed by atoms with Crippen molar-refractivity contribution in [2.45, 2.75) is 13.8 Å². The van der Waals surface area contributed by atoms with E-state index in [0.717, 1.165) is 6.23 Å². The normalized spacial score (nSPS) is 30.8. The van der Waals surface area contributed by atoms with Gasteiger partial charge in [0.15, 0.2) is 0 Å². The number of hydrogen-bond donors (Lipinski definition) is 0. The van der Waals surface area contributed by atoms with Gasteiger partial charge in [0.2, 0.25) is 0 Å². The summed E-state index contributed by atoms with van der Waals surface area (Å²) in [6.45, 7) is 4.29. The maximum absolute atomic E-state index is 5.02. The summed E-state index contributed by atoms with van der Waals surface area (Å²) >= 11 is 0. The van der Waals surface area contributed by atoms with Gasteiger partial charge in [-0.05, 0) is 13.8 Å². The molecule has 1 fully saturated rings. The first kappa shape index (κ1) is 4.73. The van der Waals surface area contributed by atoms with Crippen LogP contribution in [0.5, 0.6) is 0 Å². The van der Waals surface area contributed by atoms with Gasteiger partial charge in [-0.2, -0.15) is 0 Å². The van der Waals surface area contributed by atoms with Gasteiger partial charge in [0.25, 0.3) is 0 Å². The van der Waals surface area contributed by atoms with Gasteiger partial charge in [-0.15, -0.1) is 0 Å². The molecule has 2 heterocycles. The molecule has 1 saturated heterocycles. The third kappa shape index (κ3) is 0.292. The molecule has 0 radical (unpaired) electrons. The van der Waals surface area contributed by atoms with Gasteiger partial charge in [-0.25, -0.2) is 4.89 Å². The Labute approximate surface area is 49.2 Å². The van der Waals surface area contributed by atoms with E-state index >= 15 is 0 Å². The molecule has 0 unspecified atom stereocenters. The minimum absolute atomic E-state index is 0.880. The maximum atomic E-state index is 5.02. The van der Waals surface area contributed by atoms with Crippen LogP contribution in [0, 0.1) is 0 Å². The average Bonchev–Trinajstić information content (AvgIpc) is 2.10. The lowest BCUT2D eigenvalue weighted by atomic mass is 10.6. The van der Waals surface area contributed by atoms with Crippen LogP contribution in [-0.4, -0.2) is 14.5 Å². The summed E-state index contributed by atoms with van der Waals surface area (Å²) < 4.78 is 5.02. The van der Waals surface area contributed by atoms with Crippen LogP contribution in [0.1, 0.15) is 13.8 Å². The van der Waals surface area contributed by atoms with Crippen molar-refractivity contribution in [3.8, 4) is 0 Å². The summed E-state index contributed by atoms with van der Waals surface area (Å²) in [7, 11) is -1.30. The van der Waals surface area contributed by atoms with Crippen molar-refractivity contribution in [1.29, 1.82) is 0 Å². The average molecular weight is 128 g/mol. The van der Waals surface area contributed by atoms with E-state index in [1.807, 2.05) is 0 Å². The fraction of sp³-hybridized carbons (Fsp3) is 0.600. The molecule has 2 nitrogen and oxygen atoms in total. The van der Waals surface area contributed by atoms with E-state index in [0.29, 0.717) is 0 Å². The Hall–Kier alpha value is -0.123. The summed E-state index contributed by atoms with van der Waals surface area (Å²) in [5, 5.41) is 2.98. The molecule has 3 heteroatoms. The molecule has 0 atom stereocenters. The molecule has 2 aliphatic rings. The fourth-order valence-electron chi connectivity index (χ4n) is 1.12. The van der Waals surface area contributed by atoms with Crippen LogP contribution < -0.4 is 0 Å². The Bertz CT molecular complexity index is 155. The molecule has 44 valence electrons. The molecule has 0 aromatic carbocycles. The van der Waals surface area contributed by atoms with Crippen molar-refractivity contribution in [1.82, 2.24) is 0 Å². The number of hydrogen-bond acceptors (Lipinski definition) is 2. The molecule has 0 saturated carbocycles. The molecular formula is C5H8O2Si. The third-order valence-electron chi connectivity index (χ3n) is 2.17. The van der Waals surface area contributed by atoms with Crippen LogP contribution >= 0.6 is 0 Å². The van der Waals surface area contributed by atoms with Crippen LogP contribution in [0.4, 0.5) is 0 Å². The van der Waals surface area contributed by atoms with Gasteiger partial charge in [-0.3, -0.25) is 4.58 Å². The predicted octanol–water partition coefficient (Wildman–Crippen LogP) is 0.861. The minimum atomic E-state index is -1.30. The first-order valence-electron chi connectivity index (χ1n) is 2.76. The highest BCUT2D eigenvalue weighted by molar-refractivity contribution is 6.98. The van der Waals surface area contributed by atoms with Crippen molar-refractivity contribution in [3.05, 3.63) is 10.4 Å². The first-order valence-corrected chi connectivity index (χ1v) is 4.88. The van der Waals surface area contributed by atoms with E-state index in [9.17, 15) is 0 Å². The monoisotopic (exact) mass is 128 g/mol. The Balaban J connectivity index is 2.17. The Kier molecular flexibility index (Phi) is 0.634. The highest BCUT2D eigenvalue weighted by Gasteiger charge is 2.61. The molecule has 0 aromatic heterocycles. The molecule has 0 aliphatic carbocycles. The van der Waals surface area contributed by atoms with E-state index in [2.05, 4.69) is 18.7 Å². The van der Waals surface area contributed by atoms with Crippen molar-refractivity contribution in [2.24, 2.45) is 0 Å². The molecule has 0 N–H and O–H groups in total. The lowest BCUT2D eigenvalue weighted by Crippen LogP contribution is -2.44. The van der Waals surface area contributed by atoms with Crippen molar-refractivity contribution in [2.75, 3.05) is 6.23 Å². The maximum Gasteiger partial charge on any atom is 0.319 e. The molecule has 8 heavy (non-hydrogen) atoms. The van der Waals surface area contributed by atoms with Gasteiger partial charge < -0.3 is 0 Å². The number of allylic oxidation sites excluding steroid dienone is 2. The van der Waals surface area contributed by atoms with Gasteiger partial charge in [0, 0.05) is 0 Å². The summed E-state index contributed by atoms with van der Waals surface area (Å²) in [5.74, 6) is 0. The second-order valence-corrected chi connectivity index (χ2v) is 6.03. The van der Waals surface area contributed by atoms with Gasteiger partial charge in [-0.1, -0.05) is 10.4 Å². The molecule has 0 amide bonds. The van der Waals surface area contributed by atoms with Crippen LogP contribution in [0.15, 0.2) is 10.4 Å². The minimum Gasteiger partial charge on any atom is -0.273 e. The summed E-state index contributed by atoms with van der Waals surface area (Å²) in [6, 6.07) is 0. The second kappa shape index (κ2) is 1.07. The van der Waals surface area contributed by atoms with Crippen LogP contribution in [0.3, 0.4) is 0 Å². The van der Waals surface area contributed by atoms with E-state index in [1.165, 1.54) is 10.4 Å².